The number of aromatic nitrogens is 2. The number of alkyl halides is 2. The van der Waals surface area contributed by atoms with Crippen LogP contribution in [0.1, 0.15) is 12.0 Å². The van der Waals surface area contributed by atoms with E-state index in [0.29, 0.717) is 17.6 Å². The van der Waals surface area contributed by atoms with Crippen LogP contribution < -0.4 is 10.2 Å². The van der Waals surface area contributed by atoms with Gasteiger partial charge in [-0.1, -0.05) is 30.3 Å². The average Bonchev–Trinajstić information content (AvgIpc) is 3.22. The van der Waals surface area contributed by atoms with Crippen LogP contribution in [0.25, 0.3) is 11.3 Å². The number of ether oxygens (including phenoxy) is 1. The summed E-state index contributed by atoms with van der Waals surface area (Å²) < 4.78 is 38.1. The Labute approximate surface area is 178 Å². The van der Waals surface area contributed by atoms with Crippen LogP contribution in [0.4, 0.5) is 26.4 Å². The highest BCUT2D eigenvalue weighted by Gasteiger charge is 2.29. The SMILES string of the molecule is FC(F)c1cc(Nc2ncc(-c3ccccc3)o2)nc(N2CCN(C3COC3)CC2)c1. The maximum Gasteiger partial charge on any atom is 0.300 e. The Morgan fingerprint density at radius 3 is 2.48 bits per heavy atom. The summed E-state index contributed by atoms with van der Waals surface area (Å²) in [7, 11) is 0. The van der Waals surface area contributed by atoms with Gasteiger partial charge in [0.25, 0.3) is 6.43 Å². The second kappa shape index (κ2) is 8.60. The number of oxazole rings is 1. The standard InChI is InChI=1S/C22H23F2N5O2/c23-21(24)16-10-19(27-22-25-12-18(31-22)15-4-2-1-3-5-15)26-20(11-16)29-8-6-28(7-9-29)17-13-30-14-17/h1-5,10-12,17,21H,6-9,13-14H2,(H,25,26,27). The van der Waals surface area contributed by atoms with Gasteiger partial charge < -0.3 is 14.1 Å². The van der Waals surface area contributed by atoms with Gasteiger partial charge in [-0.3, -0.25) is 10.2 Å². The summed E-state index contributed by atoms with van der Waals surface area (Å²) in [6.45, 7) is 4.72. The summed E-state index contributed by atoms with van der Waals surface area (Å²) in [5.41, 5.74) is 0.796. The monoisotopic (exact) mass is 427 g/mol. The second-order valence-electron chi connectivity index (χ2n) is 7.68. The molecule has 0 aliphatic carbocycles. The van der Waals surface area contributed by atoms with E-state index in [1.54, 1.807) is 6.20 Å². The number of nitrogens with one attached hydrogen (secondary N) is 1. The van der Waals surface area contributed by atoms with Gasteiger partial charge in [0.2, 0.25) is 0 Å². The number of hydrogen-bond acceptors (Lipinski definition) is 7. The van der Waals surface area contributed by atoms with Gasteiger partial charge in [-0.25, -0.2) is 18.7 Å². The maximum atomic E-state index is 13.5. The van der Waals surface area contributed by atoms with Crippen LogP contribution in [0.2, 0.25) is 0 Å². The largest absolute Gasteiger partial charge is 0.423 e. The van der Waals surface area contributed by atoms with Gasteiger partial charge in [-0.15, -0.1) is 0 Å². The molecule has 2 fully saturated rings. The molecule has 0 atom stereocenters. The summed E-state index contributed by atoms with van der Waals surface area (Å²) in [6.07, 6.45) is -1.00. The number of pyridine rings is 1. The maximum absolute atomic E-state index is 13.5. The topological polar surface area (TPSA) is 66.7 Å². The van der Waals surface area contributed by atoms with Crippen LogP contribution in [0, 0.1) is 0 Å². The molecule has 0 amide bonds. The molecule has 0 radical (unpaired) electrons. The van der Waals surface area contributed by atoms with E-state index >= 15 is 0 Å². The first-order chi connectivity index (χ1) is 15.2. The fourth-order valence-corrected chi connectivity index (χ4v) is 3.82. The molecule has 4 heterocycles. The zero-order valence-electron chi connectivity index (χ0n) is 16.9. The lowest BCUT2D eigenvalue weighted by Crippen LogP contribution is -2.56. The molecule has 2 saturated heterocycles. The van der Waals surface area contributed by atoms with Crippen molar-refractivity contribution in [1.29, 1.82) is 0 Å². The molecule has 0 bridgehead atoms. The number of hydrogen-bond donors (Lipinski definition) is 1. The second-order valence-corrected chi connectivity index (χ2v) is 7.68. The van der Waals surface area contributed by atoms with Crippen molar-refractivity contribution < 1.29 is 17.9 Å². The number of piperazine rings is 1. The van der Waals surface area contributed by atoms with Crippen molar-refractivity contribution in [3.8, 4) is 11.3 Å². The highest BCUT2D eigenvalue weighted by Crippen LogP contribution is 2.29. The quantitative estimate of drug-likeness (QED) is 0.639. The lowest BCUT2D eigenvalue weighted by atomic mass is 10.1. The van der Waals surface area contributed by atoms with Gasteiger partial charge in [0.1, 0.15) is 11.6 Å². The first-order valence-electron chi connectivity index (χ1n) is 10.3. The predicted octanol–water partition coefficient (Wildman–Crippen LogP) is 3.94. The Balaban J connectivity index is 1.33. The summed E-state index contributed by atoms with van der Waals surface area (Å²) in [5, 5.41) is 2.94. The van der Waals surface area contributed by atoms with Crippen molar-refractivity contribution in [2.24, 2.45) is 0 Å². The molecule has 3 aromatic rings. The average molecular weight is 427 g/mol. The number of benzene rings is 1. The summed E-state index contributed by atoms with van der Waals surface area (Å²) in [5.74, 6) is 1.40. The van der Waals surface area contributed by atoms with Crippen molar-refractivity contribution in [3.63, 3.8) is 0 Å². The van der Waals surface area contributed by atoms with Crippen LogP contribution in [0.5, 0.6) is 0 Å². The van der Waals surface area contributed by atoms with E-state index in [2.05, 4.69) is 20.2 Å². The van der Waals surface area contributed by atoms with E-state index in [9.17, 15) is 8.78 Å². The highest BCUT2D eigenvalue weighted by atomic mass is 19.3. The Bertz CT molecular complexity index is 1020. The normalized spacial score (nSPS) is 17.7. The Morgan fingerprint density at radius 2 is 1.81 bits per heavy atom. The molecule has 0 spiro atoms. The molecule has 9 heteroatoms. The van der Waals surface area contributed by atoms with Gasteiger partial charge in [0, 0.05) is 37.3 Å². The highest BCUT2D eigenvalue weighted by molar-refractivity contribution is 5.60. The number of nitrogens with zero attached hydrogens (tertiary/aromatic N) is 4. The first-order valence-corrected chi connectivity index (χ1v) is 10.3. The molecule has 162 valence electrons. The van der Waals surface area contributed by atoms with E-state index in [1.807, 2.05) is 35.2 Å². The van der Waals surface area contributed by atoms with Gasteiger partial charge in [-0.2, -0.15) is 0 Å². The van der Waals surface area contributed by atoms with Gasteiger partial charge in [0.15, 0.2) is 5.76 Å². The number of halogens is 2. The molecule has 31 heavy (non-hydrogen) atoms. The Kier molecular flexibility index (Phi) is 5.52. The molecule has 2 aromatic heterocycles. The molecule has 1 aromatic carbocycles. The third-order valence-corrected chi connectivity index (χ3v) is 5.66. The van der Waals surface area contributed by atoms with Crippen LogP contribution >= 0.6 is 0 Å². The predicted molar refractivity (Wildman–Crippen MR) is 113 cm³/mol. The summed E-state index contributed by atoms with van der Waals surface area (Å²) >= 11 is 0. The fraction of sp³-hybridized carbons (Fsp3) is 0.364. The molecule has 5 rings (SSSR count). The van der Waals surface area contributed by atoms with Crippen molar-refractivity contribution in [2.75, 3.05) is 49.6 Å². The Hall–Kier alpha value is -3.04. The van der Waals surface area contributed by atoms with Crippen LogP contribution in [-0.4, -0.2) is 60.3 Å². The molecule has 1 N–H and O–H groups in total. The zero-order chi connectivity index (χ0) is 21.2. The van der Waals surface area contributed by atoms with E-state index < -0.39 is 6.43 Å². The van der Waals surface area contributed by atoms with Crippen molar-refractivity contribution in [2.45, 2.75) is 12.5 Å². The van der Waals surface area contributed by atoms with E-state index in [-0.39, 0.29) is 17.4 Å². The molecule has 0 saturated carbocycles. The summed E-state index contributed by atoms with van der Waals surface area (Å²) in [6, 6.07) is 13.0. The zero-order valence-corrected chi connectivity index (χ0v) is 16.9. The first kappa shape index (κ1) is 19.9. The molecule has 2 aliphatic rings. The third kappa shape index (κ3) is 4.38. The lowest BCUT2D eigenvalue weighted by molar-refractivity contribution is -0.0661. The molecule has 7 nitrogen and oxygen atoms in total. The van der Waals surface area contributed by atoms with Crippen molar-refractivity contribution in [1.82, 2.24) is 14.9 Å². The minimum absolute atomic E-state index is 0.0860. The molecular formula is C22H23F2N5O2. The minimum Gasteiger partial charge on any atom is -0.423 e. The molecular weight excluding hydrogens is 404 g/mol. The number of anilines is 3. The van der Waals surface area contributed by atoms with Gasteiger partial charge in [-0.05, 0) is 12.1 Å². The van der Waals surface area contributed by atoms with Crippen LogP contribution in [-0.2, 0) is 4.74 Å². The molecule has 0 unspecified atom stereocenters. The van der Waals surface area contributed by atoms with E-state index in [1.165, 1.54) is 12.1 Å². The van der Waals surface area contributed by atoms with Crippen LogP contribution in [0.3, 0.4) is 0 Å². The van der Waals surface area contributed by atoms with Crippen molar-refractivity contribution >= 4 is 17.7 Å². The number of rotatable bonds is 6. The van der Waals surface area contributed by atoms with E-state index in [0.717, 1.165) is 45.0 Å². The third-order valence-electron chi connectivity index (χ3n) is 5.66. The minimum atomic E-state index is -2.60. The Morgan fingerprint density at radius 1 is 1.03 bits per heavy atom. The molecule has 2 aliphatic heterocycles. The van der Waals surface area contributed by atoms with Crippen LogP contribution in [0.15, 0.2) is 53.1 Å². The van der Waals surface area contributed by atoms with Crippen molar-refractivity contribution in [3.05, 3.63) is 54.2 Å². The summed E-state index contributed by atoms with van der Waals surface area (Å²) in [4.78, 5) is 13.2. The van der Waals surface area contributed by atoms with Gasteiger partial charge >= 0.3 is 6.01 Å². The van der Waals surface area contributed by atoms with Gasteiger partial charge in [0.05, 0.1) is 25.5 Å². The fourth-order valence-electron chi connectivity index (χ4n) is 3.82. The van der Waals surface area contributed by atoms with E-state index in [4.69, 9.17) is 9.15 Å². The lowest BCUT2D eigenvalue weighted by Gasteiger charge is -2.42. The smallest absolute Gasteiger partial charge is 0.300 e.